The van der Waals surface area contributed by atoms with Gasteiger partial charge in [-0.15, -0.1) is 0 Å². The molecule has 1 nitrogen and oxygen atoms in total. The lowest BCUT2D eigenvalue weighted by Crippen LogP contribution is -2.13. The van der Waals surface area contributed by atoms with Crippen LogP contribution in [0.15, 0.2) is 18.2 Å². The van der Waals surface area contributed by atoms with Crippen molar-refractivity contribution in [1.29, 1.82) is 0 Å². The molecule has 0 aliphatic carbocycles. The van der Waals surface area contributed by atoms with Crippen molar-refractivity contribution in [3.63, 3.8) is 0 Å². The average Bonchev–Trinajstić information content (AvgIpc) is 2.25. The van der Waals surface area contributed by atoms with Crippen molar-refractivity contribution in [2.75, 3.05) is 0 Å². The highest BCUT2D eigenvalue weighted by atomic mass is 35.5. The third-order valence-electron chi connectivity index (χ3n) is 2.51. The van der Waals surface area contributed by atoms with Gasteiger partial charge in [-0.25, -0.2) is 0 Å². The van der Waals surface area contributed by atoms with E-state index in [4.69, 9.17) is 16.3 Å². The molecule has 0 aliphatic rings. The van der Waals surface area contributed by atoms with E-state index in [1.54, 1.807) is 0 Å². The molecule has 0 amide bonds. The van der Waals surface area contributed by atoms with Crippen molar-refractivity contribution in [3.8, 4) is 0 Å². The van der Waals surface area contributed by atoms with Crippen molar-refractivity contribution in [2.24, 2.45) is 0 Å². The molecule has 0 aliphatic heterocycles. The van der Waals surface area contributed by atoms with Crippen LogP contribution in [-0.4, -0.2) is 6.10 Å². The van der Waals surface area contributed by atoms with Gasteiger partial charge in [0.15, 0.2) is 0 Å². The summed E-state index contributed by atoms with van der Waals surface area (Å²) in [5.41, 5.74) is -0.727. The third-order valence-corrected chi connectivity index (χ3v) is 2.87. The number of hydrogen-bond donors (Lipinski definition) is 0. The van der Waals surface area contributed by atoms with Gasteiger partial charge in [-0.05, 0) is 25.5 Å². The van der Waals surface area contributed by atoms with Gasteiger partial charge < -0.3 is 4.74 Å². The number of benzene rings is 1. The lowest BCUT2D eigenvalue weighted by atomic mass is 10.1. The molecular formula is C12H14ClF3O. The molecule has 0 bridgehead atoms. The lowest BCUT2D eigenvalue weighted by Gasteiger charge is -2.16. The molecular weight excluding hydrogens is 253 g/mol. The van der Waals surface area contributed by atoms with Crippen LogP contribution >= 0.6 is 11.6 Å². The Morgan fingerprint density at radius 3 is 2.53 bits per heavy atom. The van der Waals surface area contributed by atoms with Gasteiger partial charge in [-0.2, -0.15) is 13.2 Å². The van der Waals surface area contributed by atoms with E-state index in [1.807, 2.05) is 13.8 Å². The summed E-state index contributed by atoms with van der Waals surface area (Å²) >= 11 is 5.78. The first kappa shape index (κ1) is 14.3. The highest BCUT2D eigenvalue weighted by Gasteiger charge is 2.34. The fourth-order valence-electron chi connectivity index (χ4n) is 1.31. The van der Waals surface area contributed by atoms with Crippen LogP contribution < -0.4 is 0 Å². The second-order valence-corrected chi connectivity index (χ2v) is 4.20. The van der Waals surface area contributed by atoms with E-state index in [0.29, 0.717) is 0 Å². The van der Waals surface area contributed by atoms with E-state index in [1.165, 1.54) is 12.1 Å². The molecule has 96 valence electrons. The minimum absolute atomic E-state index is 0.00182. The standard InChI is InChI=1S/C12H14ClF3O/c1-3-8(2)17-7-9-10(12(14,15)16)5-4-6-11(9)13/h4-6,8H,3,7H2,1-2H3. The number of hydrogen-bond acceptors (Lipinski definition) is 1. The predicted octanol–water partition coefficient (Wildman–Crippen LogP) is 4.67. The van der Waals surface area contributed by atoms with E-state index < -0.39 is 11.7 Å². The molecule has 17 heavy (non-hydrogen) atoms. The van der Waals surface area contributed by atoms with E-state index in [2.05, 4.69) is 0 Å². The number of ether oxygens (including phenoxy) is 1. The van der Waals surface area contributed by atoms with Crippen molar-refractivity contribution < 1.29 is 17.9 Å². The van der Waals surface area contributed by atoms with E-state index in [9.17, 15) is 13.2 Å². The lowest BCUT2D eigenvalue weighted by molar-refractivity contribution is -0.139. The maximum atomic E-state index is 12.7. The zero-order valence-electron chi connectivity index (χ0n) is 9.64. The van der Waals surface area contributed by atoms with E-state index in [0.717, 1.165) is 12.5 Å². The van der Waals surface area contributed by atoms with Gasteiger partial charge in [-0.3, -0.25) is 0 Å². The maximum absolute atomic E-state index is 12.7. The monoisotopic (exact) mass is 266 g/mol. The minimum Gasteiger partial charge on any atom is -0.374 e. The Bertz CT molecular complexity index is 377. The summed E-state index contributed by atoms with van der Waals surface area (Å²) in [5.74, 6) is 0. The molecule has 5 heteroatoms. The van der Waals surface area contributed by atoms with Crippen LogP contribution in [0.5, 0.6) is 0 Å². The Morgan fingerprint density at radius 2 is 2.00 bits per heavy atom. The van der Waals surface area contributed by atoms with Crippen molar-refractivity contribution >= 4 is 11.6 Å². The summed E-state index contributed by atoms with van der Waals surface area (Å²) in [4.78, 5) is 0. The molecule has 0 heterocycles. The molecule has 0 aromatic heterocycles. The van der Waals surface area contributed by atoms with Gasteiger partial charge in [0.1, 0.15) is 0 Å². The molecule has 0 saturated carbocycles. The van der Waals surface area contributed by atoms with Gasteiger partial charge in [-0.1, -0.05) is 24.6 Å². The molecule has 0 saturated heterocycles. The summed E-state index contributed by atoms with van der Waals surface area (Å²) in [6, 6.07) is 3.74. The minimum atomic E-state index is -4.40. The number of alkyl halides is 3. The summed E-state index contributed by atoms with van der Waals surface area (Å²) < 4.78 is 43.5. The van der Waals surface area contributed by atoms with Crippen LogP contribution in [0.4, 0.5) is 13.2 Å². The molecule has 1 rings (SSSR count). The summed E-state index contributed by atoms with van der Waals surface area (Å²) in [7, 11) is 0. The van der Waals surface area contributed by atoms with Crippen LogP contribution in [0.3, 0.4) is 0 Å². The Balaban J connectivity index is 2.96. The van der Waals surface area contributed by atoms with Crippen LogP contribution in [0.25, 0.3) is 0 Å². The van der Waals surface area contributed by atoms with Crippen molar-refractivity contribution in [1.82, 2.24) is 0 Å². The first-order valence-electron chi connectivity index (χ1n) is 5.32. The molecule has 1 aromatic rings. The Hall–Kier alpha value is -0.740. The highest BCUT2D eigenvalue weighted by Crippen LogP contribution is 2.35. The van der Waals surface area contributed by atoms with E-state index >= 15 is 0 Å². The largest absolute Gasteiger partial charge is 0.416 e. The molecule has 0 fully saturated rings. The van der Waals surface area contributed by atoms with Crippen LogP contribution in [0.1, 0.15) is 31.4 Å². The zero-order valence-corrected chi connectivity index (χ0v) is 10.4. The number of halogens is 4. The molecule has 1 unspecified atom stereocenters. The molecule has 0 spiro atoms. The summed E-state index contributed by atoms with van der Waals surface area (Å²) in [6.45, 7) is 3.59. The molecule has 0 radical (unpaired) electrons. The van der Waals surface area contributed by atoms with Gasteiger partial charge in [0.2, 0.25) is 0 Å². The normalized spacial score (nSPS) is 13.8. The van der Waals surface area contributed by atoms with Gasteiger partial charge in [0, 0.05) is 10.6 Å². The van der Waals surface area contributed by atoms with E-state index in [-0.39, 0.29) is 23.3 Å². The molecule has 1 atom stereocenters. The fraction of sp³-hybridized carbons (Fsp3) is 0.500. The smallest absolute Gasteiger partial charge is 0.374 e. The fourth-order valence-corrected chi connectivity index (χ4v) is 1.54. The maximum Gasteiger partial charge on any atom is 0.416 e. The topological polar surface area (TPSA) is 9.23 Å². The molecule has 0 N–H and O–H groups in total. The summed E-state index contributed by atoms with van der Waals surface area (Å²) in [6.07, 6.45) is -3.75. The second kappa shape index (κ2) is 5.74. The Morgan fingerprint density at radius 1 is 1.35 bits per heavy atom. The first-order valence-corrected chi connectivity index (χ1v) is 5.70. The van der Waals surface area contributed by atoms with Gasteiger partial charge in [0.25, 0.3) is 0 Å². The predicted molar refractivity (Wildman–Crippen MR) is 61.0 cm³/mol. The third kappa shape index (κ3) is 3.89. The van der Waals surface area contributed by atoms with Crippen LogP contribution in [-0.2, 0) is 17.5 Å². The zero-order chi connectivity index (χ0) is 13.1. The first-order chi connectivity index (χ1) is 7.86. The van der Waals surface area contributed by atoms with Crippen molar-refractivity contribution in [2.45, 2.75) is 39.2 Å². The average molecular weight is 267 g/mol. The van der Waals surface area contributed by atoms with Gasteiger partial charge >= 0.3 is 6.18 Å². The Labute approximate surface area is 104 Å². The number of rotatable bonds is 4. The molecule has 1 aromatic carbocycles. The SMILES string of the molecule is CCC(C)OCc1c(Cl)cccc1C(F)(F)F. The van der Waals surface area contributed by atoms with Crippen LogP contribution in [0.2, 0.25) is 5.02 Å². The summed E-state index contributed by atoms with van der Waals surface area (Å²) in [5, 5.41) is 0.0862. The Kier molecular flexibility index (Phi) is 4.83. The van der Waals surface area contributed by atoms with Crippen LogP contribution in [0, 0.1) is 0 Å². The highest BCUT2D eigenvalue weighted by molar-refractivity contribution is 6.31. The second-order valence-electron chi connectivity index (χ2n) is 3.79. The van der Waals surface area contributed by atoms with Gasteiger partial charge in [0.05, 0.1) is 18.3 Å². The quantitative estimate of drug-likeness (QED) is 0.769. The van der Waals surface area contributed by atoms with Crippen molar-refractivity contribution in [3.05, 3.63) is 34.3 Å².